The van der Waals surface area contributed by atoms with Crippen molar-refractivity contribution < 1.29 is 0 Å². The average molecular weight is 325 g/mol. The highest BCUT2D eigenvalue weighted by atomic mass is 15.1. The fourth-order valence-corrected chi connectivity index (χ4v) is 2.92. The van der Waals surface area contributed by atoms with E-state index in [9.17, 15) is 0 Å². The van der Waals surface area contributed by atoms with Gasteiger partial charge >= 0.3 is 0 Å². The molecule has 0 aliphatic carbocycles. The summed E-state index contributed by atoms with van der Waals surface area (Å²) in [4.78, 5) is 8.99. The summed E-state index contributed by atoms with van der Waals surface area (Å²) >= 11 is 0. The van der Waals surface area contributed by atoms with Crippen LogP contribution in [0.15, 0.2) is 85.1 Å². The predicted octanol–water partition coefficient (Wildman–Crippen LogP) is 4.95. The minimum atomic E-state index is 0.668. The minimum Gasteiger partial charge on any atom is -0.354 e. The van der Waals surface area contributed by atoms with Gasteiger partial charge in [-0.15, -0.1) is 0 Å². The van der Waals surface area contributed by atoms with Gasteiger partial charge < -0.3 is 5.32 Å². The molecule has 0 spiro atoms. The molecule has 25 heavy (non-hydrogen) atoms. The van der Waals surface area contributed by atoms with Crippen molar-refractivity contribution in [2.45, 2.75) is 6.42 Å². The van der Waals surface area contributed by atoms with Gasteiger partial charge in [0.2, 0.25) is 5.95 Å². The standard InChI is InChI=1S/C22H19N3/c1-2-6-17(7-3-1)12-14-23-22-24-15-13-21(25-22)20-11-10-18-8-4-5-9-19(18)16-20/h1-11,13,15-16H,12,14H2,(H,23,24,25). The summed E-state index contributed by atoms with van der Waals surface area (Å²) in [7, 11) is 0. The lowest BCUT2D eigenvalue weighted by Gasteiger charge is -2.07. The fourth-order valence-electron chi connectivity index (χ4n) is 2.92. The second-order valence-corrected chi connectivity index (χ2v) is 5.99. The van der Waals surface area contributed by atoms with Crippen molar-refractivity contribution in [2.75, 3.05) is 11.9 Å². The summed E-state index contributed by atoms with van der Waals surface area (Å²) in [6.07, 6.45) is 2.76. The molecular formula is C22H19N3. The molecule has 0 unspecified atom stereocenters. The van der Waals surface area contributed by atoms with Crippen molar-refractivity contribution in [1.29, 1.82) is 0 Å². The van der Waals surface area contributed by atoms with E-state index >= 15 is 0 Å². The Bertz CT molecular complexity index is 980. The Morgan fingerprint density at radius 1 is 0.760 bits per heavy atom. The van der Waals surface area contributed by atoms with Crippen molar-refractivity contribution in [3.8, 4) is 11.3 Å². The molecule has 0 fully saturated rings. The lowest BCUT2D eigenvalue weighted by Crippen LogP contribution is -2.08. The van der Waals surface area contributed by atoms with Crippen LogP contribution >= 0.6 is 0 Å². The smallest absolute Gasteiger partial charge is 0.223 e. The van der Waals surface area contributed by atoms with E-state index in [1.807, 2.05) is 18.3 Å². The summed E-state index contributed by atoms with van der Waals surface area (Å²) < 4.78 is 0. The van der Waals surface area contributed by atoms with Crippen LogP contribution in [0.2, 0.25) is 0 Å². The Hall–Kier alpha value is -3.20. The molecule has 1 heterocycles. The third-order valence-electron chi connectivity index (χ3n) is 4.24. The van der Waals surface area contributed by atoms with Crippen LogP contribution in [0.25, 0.3) is 22.0 Å². The Kier molecular flexibility index (Phi) is 4.38. The number of aromatic nitrogens is 2. The molecule has 0 atom stereocenters. The Morgan fingerprint density at radius 3 is 2.44 bits per heavy atom. The number of hydrogen-bond donors (Lipinski definition) is 1. The molecule has 4 rings (SSSR count). The summed E-state index contributed by atoms with van der Waals surface area (Å²) in [5, 5.41) is 5.78. The predicted molar refractivity (Wildman–Crippen MR) is 104 cm³/mol. The fraction of sp³-hybridized carbons (Fsp3) is 0.0909. The van der Waals surface area contributed by atoms with Crippen LogP contribution in [0, 0.1) is 0 Å². The second-order valence-electron chi connectivity index (χ2n) is 5.99. The number of nitrogens with one attached hydrogen (secondary N) is 1. The summed E-state index contributed by atoms with van der Waals surface area (Å²) in [5.74, 6) is 0.668. The Balaban J connectivity index is 1.50. The molecule has 0 saturated heterocycles. The van der Waals surface area contributed by atoms with Crippen molar-refractivity contribution in [1.82, 2.24) is 9.97 Å². The van der Waals surface area contributed by atoms with Crippen LogP contribution in [0.5, 0.6) is 0 Å². The van der Waals surface area contributed by atoms with Gasteiger partial charge in [0.05, 0.1) is 5.69 Å². The minimum absolute atomic E-state index is 0.668. The first-order valence-corrected chi connectivity index (χ1v) is 8.48. The van der Waals surface area contributed by atoms with Crippen LogP contribution in [0.4, 0.5) is 5.95 Å². The van der Waals surface area contributed by atoms with Crippen molar-refractivity contribution in [2.24, 2.45) is 0 Å². The van der Waals surface area contributed by atoms with E-state index in [0.29, 0.717) is 5.95 Å². The van der Waals surface area contributed by atoms with Crippen LogP contribution in [0.3, 0.4) is 0 Å². The van der Waals surface area contributed by atoms with E-state index in [1.165, 1.54) is 16.3 Å². The Labute approximate surface area is 147 Å². The second kappa shape index (κ2) is 7.14. The normalized spacial score (nSPS) is 10.7. The van der Waals surface area contributed by atoms with Gasteiger partial charge in [0, 0.05) is 18.3 Å². The number of hydrogen-bond acceptors (Lipinski definition) is 3. The third-order valence-corrected chi connectivity index (χ3v) is 4.24. The zero-order valence-corrected chi connectivity index (χ0v) is 13.9. The summed E-state index contributed by atoms with van der Waals surface area (Å²) in [6.45, 7) is 0.811. The average Bonchev–Trinajstić information content (AvgIpc) is 2.69. The van der Waals surface area contributed by atoms with Crippen LogP contribution < -0.4 is 5.32 Å². The molecule has 0 amide bonds. The molecular weight excluding hydrogens is 306 g/mol. The molecule has 1 N–H and O–H groups in total. The number of benzene rings is 3. The van der Waals surface area contributed by atoms with E-state index in [1.54, 1.807) is 0 Å². The number of nitrogens with zero attached hydrogens (tertiary/aromatic N) is 2. The number of rotatable bonds is 5. The first-order chi connectivity index (χ1) is 12.4. The quantitative estimate of drug-likeness (QED) is 0.564. The van der Waals surface area contributed by atoms with E-state index < -0.39 is 0 Å². The molecule has 3 nitrogen and oxygen atoms in total. The van der Waals surface area contributed by atoms with Crippen molar-refractivity contribution >= 4 is 16.7 Å². The molecule has 3 heteroatoms. The summed E-state index contributed by atoms with van der Waals surface area (Å²) in [5.41, 5.74) is 3.34. The SMILES string of the molecule is c1ccc(CCNc2nccc(-c3ccc4ccccc4c3)n2)cc1. The molecule has 0 aliphatic rings. The molecule has 0 bridgehead atoms. The Morgan fingerprint density at radius 2 is 1.56 bits per heavy atom. The highest BCUT2D eigenvalue weighted by Gasteiger charge is 2.03. The van der Waals surface area contributed by atoms with E-state index in [4.69, 9.17) is 0 Å². The largest absolute Gasteiger partial charge is 0.354 e. The van der Waals surface area contributed by atoms with Gasteiger partial charge in [0.25, 0.3) is 0 Å². The van der Waals surface area contributed by atoms with Crippen molar-refractivity contribution in [3.63, 3.8) is 0 Å². The molecule has 0 saturated carbocycles. The molecule has 0 aliphatic heterocycles. The van der Waals surface area contributed by atoms with Crippen LogP contribution in [-0.2, 0) is 6.42 Å². The molecule has 0 radical (unpaired) electrons. The van der Waals surface area contributed by atoms with Gasteiger partial charge in [0.1, 0.15) is 0 Å². The zero-order chi connectivity index (χ0) is 16.9. The van der Waals surface area contributed by atoms with Crippen molar-refractivity contribution in [3.05, 3.63) is 90.6 Å². The van der Waals surface area contributed by atoms with Gasteiger partial charge in [0.15, 0.2) is 0 Å². The van der Waals surface area contributed by atoms with Gasteiger partial charge in [-0.05, 0) is 34.9 Å². The molecule has 4 aromatic rings. The monoisotopic (exact) mass is 325 g/mol. The first kappa shape index (κ1) is 15.3. The maximum absolute atomic E-state index is 4.66. The topological polar surface area (TPSA) is 37.8 Å². The lowest BCUT2D eigenvalue weighted by molar-refractivity contribution is 0.985. The molecule has 3 aromatic carbocycles. The highest BCUT2D eigenvalue weighted by molar-refractivity contribution is 5.86. The van der Waals surface area contributed by atoms with Crippen LogP contribution in [0.1, 0.15) is 5.56 Å². The maximum Gasteiger partial charge on any atom is 0.223 e. The first-order valence-electron chi connectivity index (χ1n) is 8.48. The molecule has 122 valence electrons. The highest BCUT2D eigenvalue weighted by Crippen LogP contribution is 2.23. The van der Waals surface area contributed by atoms with Gasteiger partial charge in [-0.25, -0.2) is 9.97 Å². The molecule has 1 aromatic heterocycles. The van der Waals surface area contributed by atoms with E-state index in [-0.39, 0.29) is 0 Å². The third kappa shape index (κ3) is 3.66. The lowest BCUT2D eigenvalue weighted by atomic mass is 10.1. The number of anilines is 1. The maximum atomic E-state index is 4.66. The van der Waals surface area contributed by atoms with E-state index in [2.05, 4.69) is 82.0 Å². The summed E-state index contributed by atoms with van der Waals surface area (Å²) in [6, 6.07) is 27.2. The van der Waals surface area contributed by atoms with Gasteiger partial charge in [-0.1, -0.05) is 66.7 Å². The van der Waals surface area contributed by atoms with E-state index in [0.717, 1.165) is 24.2 Å². The van der Waals surface area contributed by atoms with Gasteiger partial charge in [-0.3, -0.25) is 0 Å². The number of fused-ring (bicyclic) bond motifs is 1. The van der Waals surface area contributed by atoms with Gasteiger partial charge in [-0.2, -0.15) is 0 Å². The van der Waals surface area contributed by atoms with Crippen LogP contribution in [-0.4, -0.2) is 16.5 Å². The zero-order valence-electron chi connectivity index (χ0n) is 13.9.